The van der Waals surface area contributed by atoms with Crippen LogP contribution in [0.15, 0.2) is 0 Å². The fourth-order valence-corrected chi connectivity index (χ4v) is 20.9. The summed E-state index contributed by atoms with van der Waals surface area (Å²) < 4.78 is 0. The van der Waals surface area contributed by atoms with Crippen molar-refractivity contribution in [3.63, 3.8) is 0 Å². The Morgan fingerprint density at radius 2 is 0.915 bits per heavy atom. The van der Waals surface area contributed by atoms with E-state index in [0.29, 0.717) is 0 Å². The summed E-state index contributed by atoms with van der Waals surface area (Å²) in [5, 5.41) is 4.20. The Kier molecular flexibility index (Phi) is 9.56. The molecular weight excluding hydrogens is 607 g/mol. The van der Waals surface area contributed by atoms with E-state index < -0.39 is 0 Å². The average molecular weight is 678 g/mol. The summed E-state index contributed by atoms with van der Waals surface area (Å²) in [6, 6.07) is 2.81. The Balaban J connectivity index is 0.828. The molecule has 0 aromatic heterocycles. The van der Waals surface area contributed by atoms with Crippen molar-refractivity contribution in [1.82, 2.24) is 4.90 Å². The number of thioether (sulfide) groups is 2. The van der Waals surface area contributed by atoms with Crippen LogP contribution in [-0.4, -0.2) is 44.0 Å². The Hall–Kier alpha value is 0.660. The molecule has 14 unspecified atom stereocenters. The maximum atomic E-state index is 3.35. The van der Waals surface area contributed by atoms with Crippen LogP contribution in [0.25, 0.3) is 0 Å². The maximum absolute atomic E-state index is 3.35. The Labute approximate surface area is 298 Å². The molecule has 2 saturated heterocycles. The van der Waals surface area contributed by atoms with Crippen molar-refractivity contribution in [3.8, 4) is 0 Å². The van der Waals surface area contributed by atoms with Crippen LogP contribution in [0.3, 0.4) is 0 Å². The van der Waals surface area contributed by atoms with E-state index in [4.69, 9.17) is 0 Å². The Morgan fingerprint density at radius 3 is 1.77 bits per heavy atom. The normalized spacial score (nSPS) is 53.3. The van der Waals surface area contributed by atoms with E-state index in [9.17, 15) is 0 Å². The van der Waals surface area contributed by atoms with Crippen LogP contribution in [0, 0.1) is 59.2 Å². The molecule has 3 heteroatoms. The minimum absolute atomic E-state index is 0.930. The Morgan fingerprint density at radius 1 is 0.319 bits per heavy atom. The van der Waals surface area contributed by atoms with Crippen molar-refractivity contribution in [2.75, 3.05) is 0 Å². The van der Waals surface area contributed by atoms with Crippen molar-refractivity contribution in [1.29, 1.82) is 0 Å². The second-order valence-corrected chi connectivity index (χ2v) is 22.6. The summed E-state index contributed by atoms with van der Waals surface area (Å²) in [7, 11) is 0. The van der Waals surface area contributed by atoms with E-state index in [1.807, 2.05) is 0 Å². The molecule has 264 valence electrons. The summed E-state index contributed by atoms with van der Waals surface area (Å²) >= 11 is 5.17. The van der Waals surface area contributed by atoms with Crippen molar-refractivity contribution in [3.05, 3.63) is 0 Å². The SMILES string of the molecule is C1CCC(N(C2CCC(C3CCCC4C5CCC6SC7CCCCC7C6C5SC34)CC2)C2CCC3CCC4CCCCC4C3C2)CC1. The maximum Gasteiger partial charge on any atom is 0.0123 e. The topological polar surface area (TPSA) is 3.24 Å². The summed E-state index contributed by atoms with van der Waals surface area (Å²) in [6.07, 6.45) is 42.3. The van der Waals surface area contributed by atoms with Crippen LogP contribution < -0.4 is 0 Å². The third kappa shape index (κ3) is 5.89. The summed E-state index contributed by atoms with van der Waals surface area (Å²) in [5.74, 6) is 11.0. The molecule has 2 aliphatic heterocycles. The zero-order valence-corrected chi connectivity index (χ0v) is 31.8. The van der Waals surface area contributed by atoms with Crippen LogP contribution in [0.2, 0.25) is 0 Å². The number of rotatable bonds is 4. The molecule has 0 spiro atoms. The first-order valence-corrected chi connectivity index (χ1v) is 24.3. The quantitative estimate of drug-likeness (QED) is 0.292. The molecule has 47 heavy (non-hydrogen) atoms. The van der Waals surface area contributed by atoms with Gasteiger partial charge in [0.1, 0.15) is 0 Å². The van der Waals surface area contributed by atoms with Gasteiger partial charge in [-0.25, -0.2) is 0 Å². The summed E-state index contributed by atoms with van der Waals surface area (Å²) in [4.78, 5) is 3.35. The molecule has 0 radical (unpaired) electrons. The molecule has 14 atom stereocenters. The van der Waals surface area contributed by atoms with E-state index in [1.165, 1.54) is 38.5 Å². The van der Waals surface area contributed by atoms with Crippen molar-refractivity contribution < 1.29 is 0 Å². The van der Waals surface area contributed by atoms with Crippen molar-refractivity contribution in [2.24, 2.45) is 59.2 Å². The molecule has 0 aromatic rings. The molecule has 10 aliphatic rings. The number of hydrogen-bond acceptors (Lipinski definition) is 3. The first kappa shape index (κ1) is 32.3. The van der Waals surface area contributed by atoms with Gasteiger partial charge in [-0.1, -0.05) is 57.8 Å². The van der Waals surface area contributed by atoms with Gasteiger partial charge < -0.3 is 0 Å². The molecule has 8 saturated carbocycles. The molecule has 10 rings (SSSR count). The van der Waals surface area contributed by atoms with Crippen LogP contribution in [-0.2, 0) is 0 Å². The van der Waals surface area contributed by atoms with E-state index in [1.54, 1.807) is 135 Å². The molecule has 0 N–H and O–H groups in total. The zero-order chi connectivity index (χ0) is 30.9. The smallest absolute Gasteiger partial charge is 0.0123 e. The predicted octanol–water partition coefficient (Wildman–Crippen LogP) is 12.2. The lowest BCUT2D eigenvalue weighted by Gasteiger charge is -2.54. The molecule has 10 fully saturated rings. The average Bonchev–Trinajstić information content (AvgIpc) is 3.71. The second kappa shape index (κ2) is 13.9. The first-order chi connectivity index (χ1) is 23.3. The van der Waals surface area contributed by atoms with Crippen molar-refractivity contribution >= 4 is 23.5 Å². The monoisotopic (exact) mass is 678 g/mol. The fourth-order valence-electron chi connectivity index (χ4n) is 16.2. The van der Waals surface area contributed by atoms with Gasteiger partial charge >= 0.3 is 0 Å². The molecule has 0 amide bonds. The summed E-state index contributed by atoms with van der Waals surface area (Å²) in [6.45, 7) is 0. The molecule has 0 bridgehead atoms. The summed E-state index contributed by atoms with van der Waals surface area (Å²) in [5.41, 5.74) is 0. The fraction of sp³-hybridized carbons (Fsp3) is 1.00. The molecule has 0 aromatic carbocycles. The van der Waals surface area contributed by atoms with Gasteiger partial charge in [-0.05, 0) is 175 Å². The van der Waals surface area contributed by atoms with E-state index in [-0.39, 0.29) is 0 Å². The van der Waals surface area contributed by atoms with Gasteiger partial charge in [-0.15, -0.1) is 0 Å². The van der Waals surface area contributed by atoms with E-state index in [2.05, 4.69) is 28.4 Å². The lowest BCUT2D eigenvalue weighted by atomic mass is 9.57. The zero-order valence-electron chi connectivity index (χ0n) is 30.2. The van der Waals surface area contributed by atoms with Gasteiger partial charge in [0.05, 0.1) is 0 Å². The highest BCUT2D eigenvalue weighted by atomic mass is 32.2. The van der Waals surface area contributed by atoms with Crippen LogP contribution in [0.5, 0.6) is 0 Å². The van der Waals surface area contributed by atoms with Crippen LogP contribution >= 0.6 is 23.5 Å². The van der Waals surface area contributed by atoms with E-state index in [0.717, 1.165) is 98.3 Å². The van der Waals surface area contributed by atoms with Gasteiger partial charge in [0.15, 0.2) is 0 Å². The minimum Gasteiger partial charge on any atom is -0.294 e. The third-order valence-corrected chi connectivity index (χ3v) is 21.9. The van der Waals surface area contributed by atoms with Gasteiger partial charge in [0.2, 0.25) is 0 Å². The van der Waals surface area contributed by atoms with Crippen molar-refractivity contribution in [2.45, 2.75) is 212 Å². The largest absolute Gasteiger partial charge is 0.294 e. The van der Waals surface area contributed by atoms with Gasteiger partial charge in [-0.2, -0.15) is 23.5 Å². The highest BCUT2D eigenvalue weighted by Gasteiger charge is 2.59. The minimum atomic E-state index is 0.930. The third-order valence-electron chi connectivity index (χ3n) is 18.0. The van der Waals surface area contributed by atoms with Crippen LogP contribution in [0.4, 0.5) is 0 Å². The number of hydrogen-bond donors (Lipinski definition) is 0. The number of fused-ring (bicyclic) bond motifs is 10. The Bertz CT molecular complexity index is 1060. The lowest BCUT2D eigenvalue weighted by molar-refractivity contribution is -0.0448. The standard InChI is InChI=1S/C44H71NS2/c1-2-10-31(11-3-1)45(33-24-21-30-18-17-28-9-4-5-12-34(28)39(30)27-33)32-22-19-29(20-23-32)35-14-8-15-36-37-25-26-41-42(44(37)47-43(35)36)38-13-6-7-16-40(38)46-41/h28-44H,1-27H2. The molecule has 8 aliphatic carbocycles. The molecular formula is C44H71NS2. The number of nitrogens with zero attached hydrogens (tertiary/aromatic N) is 1. The van der Waals surface area contributed by atoms with Gasteiger partial charge in [-0.3, -0.25) is 4.90 Å². The molecule has 2 heterocycles. The predicted molar refractivity (Wildman–Crippen MR) is 203 cm³/mol. The highest BCUT2D eigenvalue weighted by molar-refractivity contribution is 8.02. The van der Waals surface area contributed by atoms with Crippen LogP contribution in [0.1, 0.15) is 173 Å². The van der Waals surface area contributed by atoms with Gasteiger partial charge in [0.25, 0.3) is 0 Å². The second-order valence-electron chi connectivity index (χ2n) is 19.8. The first-order valence-electron chi connectivity index (χ1n) is 22.4. The van der Waals surface area contributed by atoms with E-state index >= 15 is 0 Å². The molecule has 1 nitrogen and oxygen atoms in total. The lowest BCUT2D eigenvalue weighted by Crippen LogP contribution is -2.55. The van der Waals surface area contributed by atoms with Gasteiger partial charge in [0, 0.05) is 39.1 Å². The highest BCUT2D eigenvalue weighted by Crippen LogP contribution is 2.66.